The third kappa shape index (κ3) is 4.34. The molecule has 0 aromatic heterocycles. The van der Waals surface area contributed by atoms with Crippen LogP contribution in [0.25, 0.3) is 0 Å². The van der Waals surface area contributed by atoms with Gasteiger partial charge in [-0.3, -0.25) is 0 Å². The normalized spacial score (nSPS) is 13.6. The fourth-order valence-corrected chi connectivity index (χ4v) is 1.69. The standard InChI is InChI=1S/C13H21NO/c1-11(10-13(2,3)15-4)14-12-8-6-5-7-9-12/h5-9,11,14H,10H2,1-4H3/t11-/m1/s1. The average molecular weight is 207 g/mol. The van der Waals surface area contributed by atoms with E-state index in [0.717, 1.165) is 12.1 Å². The lowest BCUT2D eigenvalue weighted by Gasteiger charge is -2.27. The van der Waals surface area contributed by atoms with Crippen LogP contribution in [0.3, 0.4) is 0 Å². The Kier molecular flexibility index (Phi) is 4.15. The lowest BCUT2D eigenvalue weighted by atomic mass is 10.00. The Bertz CT molecular complexity index is 282. The van der Waals surface area contributed by atoms with Crippen LogP contribution >= 0.6 is 0 Å². The van der Waals surface area contributed by atoms with Gasteiger partial charge in [-0.25, -0.2) is 0 Å². The number of ether oxygens (including phenoxy) is 1. The molecule has 15 heavy (non-hydrogen) atoms. The van der Waals surface area contributed by atoms with Crippen molar-refractivity contribution in [2.75, 3.05) is 12.4 Å². The van der Waals surface area contributed by atoms with E-state index in [9.17, 15) is 0 Å². The quantitative estimate of drug-likeness (QED) is 0.800. The van der Waals surface area contributed by atoms with E-state index in [-0.39, 0.29) is 5.60 Å². The molecule has 1 atom stereocenters. The molecule has 0 unspecified atom stereocenters. The van der Waals surface area contributed by atoms with Gasteiger partial charge >= 0.3 is 0 Å². The zero-order chi connectivity index (χ0) is 11.3. The van der Waals surface area contributed by atoms with E-state index in [1.807, 2.05) is 18.2 Å². The Morgan fingerprint density at radius 1 is 1.27 bits per heavy atom. The van der Waals surface area contributed by atoms with Crippen LogP contribution in [0.4, 0.5) is 5.69 Å². The van der Waals surface area contributed by atoms with E-state index in [1.54, 1.807) is 7.11 Å². The Labute approximate surface area is 92.6 Å². The number of hydrogen-bond acceptors (Lipinski definition) is 2. The van der Waals surface area contributed by atoms with Gasteiger partial charge in [0.05, 0.1) is 5.60 Å². The lowest BCUT2D eigenvalue weighted by molar-refractivity contribution is 0.0128. The zero-order valence-electron chi connectivity index (χ0n) is 10.1. The Balaban J connectivity index is 2.46. The van der Waals surface area contributed by atoms with Crippen LogP contribution < -0.4 is 5.32 Å². The molecule has 0 saturated heterocycles. The first kappa shape index (κ1) is 12.1. The minimum absolute atomic E-state index is 0.0683. The molecule has 0 radical (unpaired) electrons. The van der Waals surface area contributed by atoms with Gasteiger partial charge in [0.1, 0.15) is 0 Å². The van der Waals surface area contributed by atoms with Gasteiger partial charge in [0.25, 0.3) is 0 Å². The van der Waals surface area contributed by atoms with Crippen molar-refractivity contribution in [3.05, 3.63) is 30.3 Å². The molecule has 2 heteroatoms. The number of para-hydroxylation sites is 1. The van der Waals surface area contributed by atoms with E-state index in [4.69, 9.17) is 4.74 Å². The molecule has 0 fully saturated rings. The van der Waals surface area contributed by atoms with E-state index in [1.165, 1.54) is 0 Å². The van der Waals surface area contributed by atoms with Crippen LogP contribution in [0, 0.1) is 0 Å². The molecule has 0 aliphatic heterocycles. The van der Waals surface area contributed by atoms with E-state index < -0.39 is 0 Å². The summed E-state index contributed by atoms with van der Waals surface area (Å²) in [6.07, 6.45) is 0.985. The van der Waals surface area contributed by atoms with Gasteiger partial charge < -0.3 is 10.1 Å². The van der Waals surface area contributed by atoms with Crippen molar-refractivity contribution in [3.8, 4) is 0 Å². The third-order valence-electron chi connectivity index (χ3n) is 2.54. The van der Waals surface area contributed by atoms with Crippen LogP contribution in [0.5, 0.6) is 0 Å². The van der Waals surface area contributed by atoms with Crippen LogP contribution in [0.15, 0.2) is 30.3 Å². The third-order valence-corrected chi connectivity index (χ3v) is 2.54. The van der Waals surface area contributed by atoms with Crippen molar-refractivity contribution < 1.29 is 4.74 Å². The average Bonchev–Trinajstić information content (AvgIpc) is 2.18. The predicted molar refractivity (Wildman–Crippen MR) is 65.2 cm³/mol. The predicted octanol–water partition coefficient (Wildman–Crippen LogP) is 3.30. The Hall–Kier alpha value is -1.02. The van der Waals surface area contributed by atoms with Crippen molar-refractivity contribution in [2.24, 2.45) is 0 Å². The summed E-state index contributed by atoms with van der Waals surface area (Å²) in [6.45, 7) is 6.39. The lowest BCUT2D eigenvalue weighted by Crippen LogP contribution is -2.31. The molecule has 1 aromatic carbocycles. The van der Waals surface area contributed by atoms with E-state index in [0.29, 0.717) is 6.04 Å². The molecule has 0 aliphatic carbocycles. The van der Waals surface area contributed by atoms with Crippen LogP contribution in [0.2, 0.25) is 0 Å². The molecule has 0 saturated carbocycles. The fourth-order valence-electron chi connectivity index (χ4n) is 1.69. The first-order chi connectivity index (χ1) is 7.03. The summed E-state index contributed by atoms with van der Waals surface area (Å²) < 4.78 is 5.41. The molecule has 0 aliphatic rings. The second kappa shape index (κ2) is 5.17. The van der Waals surface area contributed by atoms with Crippen molar-refractivity contribution >= 4 is 5.69 Å². The second-order valence-corrected chi connectivity index (χ2v) is 4.58. The fraction of sp³-hybridized carbons (Fsp3) is 0.538. The van der Waals surface area contributed by atoms with Crippen molar-refractivity contribution in [1.82, 2.24) is 0 Å². The van der Waals surface area contributed by atoms with Crippen molar-refractivity contribution in [2.45, 2.75) is 38.8 Å². The topological polar surface area (TPSA) is 21.3 Å². The molecule has 1 N–H and O–H groups in total. The molecule has 84 valence electrons. The number of benzene rings is 1. The molecular weight excluding hydrogens is 186 g/mol. The largest absolute Gasteiger partial charge is 0.382 e. The second-order valence-electron chi connectivity index (χ2n) is 4.58. The van der Waals surface area contributed by atoms with E-state index in [2.05, 4.69) is 38.2 Å². The number of rotatable bonds is 5. The summed E-state index contributed by atoms with van der Waals surface area (Å²) >= 11 is 0. The highest BCUT2D eigenvalue weighted by molar-refractivity contribution is 5.43. The van der Waals surface area contributed by atoms with Crippen LogP contribution in [-0.4, -0.2) is 18.8 Å². The van der Waals surface area contributed by atoms with Gasteiger partial charge in [-0.05, 0) is 39.3 Å². The van der Waals surface area contributed by atoms with Gasteiger partial charge in [0.2, 0.25) is 0 Å². The van der Waals surface area contributed by atoms with E-state index >= 15 is 0 Å². The molecule has 0 amide bonds. The maximum Gasteiger partial charge on any atom is 0.0642 e. The number of methoxy groups -OCH3 is 1. The Morgan fingerprint density at radius 3 is 2.40 bits per heavy atom. The smallest absolute Gasteiger partial charge is 0.0642 e. The minimum Gasteiger partial charge on any atom is -0.382 e. The summed E-state index contributed by atoms with van der Waals surface area (Å²) in [6, 6.07) is 10.7. The molecule has 0 bridgehead atoms. The zero-order valence-corrected chi connectivity index (χ0v) is 10.1. The molecular formula is C13H21NO. The summed E-state index contributed by atoms with van der Waals surface area (Å²) in [5.74, 6) is 0. The summed E-state index contributed by atoms with van der Waals surface area (Å²) in [7, 11) is 1.76. The number of nitrogens with one attached hydrogen (secondary N) is 1. The highest BCUT2D eigenvalue weighted by Crippen LogP contribution is 2.18. The maximum atomic E-state index is 5.41. The van der Waals surface area contributed by atoms with Gasteiger partial charge in [0, 0.05) is 18.8 Å². The van der Waals surface area contributed by atoms with Crippen LogP contribution in [-0.2, 0) is 4.74 Å². The molecule has 2 nitrogen and oxygen atoms in total. The molecule has 0 heterocycles. The van der Waals surface area contributed by atoms with Crippen molar-refractivity contribution in [3.63, 3.8) is 0 Å². The Morgan fingerprint density at radius 2 is 1.87 bits per heavy atom. The monoisotopic (exact) mass is 207 g/mol. The molecule has 0 spiro atoms. The summed E-state index contributed by atoms with van der Waals surface area (Å²) in [5, 5.41) is 3.45. The number of anilines is 1. The van der Waals surface area contributed by atoms with Gasteiger partial charge in [-0.1, -0.05) is 18.2 Å². The summed E-state index contributed by atoms with van der Waals surface area (Å²) in [5.41, 5.74) is 1.10. The highest BCUT2D eigenvalue weighted by Gasteiger charge is 2.19. The first-order valence-corrected chi connectivity index (χ1v) is 5.40. The van der Waals surface area contributed by atoms with Crippen molar-refractivity contribution in [1.29, 1.82) is 0 Å². The summed E-state index contributed by atoms with van der Waals surface area (Å²) in [4.78, 5) is 0. The minimum atomic E-state index is -0.0683. The van der Waals surface area contributed by atoms with Gasteiger partial charge in [-0.15, -0.1) is 0 Å². The number of hydrogen-bond donors (Lipinski definition) is 1. The van der Waals surface area contributed by atoms with Gasteiger partial charge in [0.15, 0.2) is 0 Å². The van der Waals surface area contributed by atoms with Crippen LogP contribution in [0.1, 0.15) is 27.2 Å². The highest BCUT2D eigenvalue weighted by atomic mass is 16.5. The molecule has 1 aromatic rings. The van der Waals surface area contributed by atoms with Gasteiger partial charge in [-0.2, -0.15) is 0 Å². The maximum absolute atomic E-state index is 5.41. The SMILES string of the molecule is COC(C)(C)C[C@@H](C)Nc1ccccc1. The first-order valence-electron chi connectivity index (χ1n) is 5.40. The molecule has 1 rings (SSSR count).